The molecule has 5 nitrogen and oxygen atoms in total. The summed E-state index contributed by atoms with van der Waals surface area (Å²) in [5, 5.41) is 9.57. The molecule has 2 heterocycles. The Morgan fingerprint density at radius 1 is 1.10 bits per heavy atom. The third-order valence-electron chi connectivity index (χ3n) is 7.18. The third-order valence-corrected chi connectivity index (χ3v) is 7.18. The van der Waals surface area contributed by atoms with Gasteiger partial charge in [0.15, 0.2) is 0 Å². The van der Waals surface area contributed by atoms with E-state index in [4.69, 9.17) is 5.73 Å². The summed E-state index contributed by atoms with van der Waals surface area (Å²) in [6.45, 7) is 2.22. The van der Waals surface area contributed by atoms with Crippen molar-refractivity contribution < 1.29 is 4.79 Å². The number of carbonyl (C=O) groups excluding carboxylic acids is 1. The number of rotatable bonds is 3. The molecule has 2 N–H and O–H groups in total. The van der Waals surface area contributed by atoms with Gasteiger partial charge in [0, 0.05) is 19.1 Å². The predicted octanol–water partition coefficient (Wildman–Crippen LogP) is 3.84. The Bertz CT molecular complexity index is 1020. The summed E-state index contributed by atoms with van der Waals surface area (Å²) in [5.74, 6) is 0.205. The molecule has 1 spiro atoms. The Kier molecular flexibility index (Phi) is 4.75. The van der Waals surface area contributed by atoms with Crippen LogP contribution in [0.4, 0.5) is 11.4 Å². The zero-order valence-electron chi connectivity index (χ0n) is 17.3. The smallest absolute Gasteiger partial charge is 0.238 e. The van der Waals surface area contributed by atoms with Crippen molar-refractivity contribution in [2.24, 2.45) is 5.73 Å². The fraction of sp³-hybridized carbons (Fsp3) is 0.440. The molecule has 0 radical (unpaired) electrons. The van der Waals surface area contributed by atoms with Crippen molar-refractivity contribution in [3.05, 3.63) is 59.2 Å². The van der Waals surface area contributed by atoms with Crippen LogP contribution in [0.15, 0.2) is 42.5 Å². The number of hydrogen-bond donors (Lipinski definition) is 1. The first kappa shape index (κ1) is 19.1. The van der Waals surface area contributed by atoms with E-state index in [0.29, 0.717) is 12.1 Å². The number of fused-ring (bicyclic) bond motifs is 2. The van der Waals surface area contributed by atoms with Crippen molar-refractivity contribution in [1.82, 2.24) is 0 Å². The quantitative estimate of drug-likeness (QED) is 0.849. The number of amides is 1. The second-order valence-electron chi connectivity index (χ2n) is 8.97. The first-order chi connectivity index (χ1) is 14.6. The van der Waals surface area contributed by atoms with E-state index < -0.39 is 5.41 Å². The number of carbonyl (C=O) groups is 1. The van der Waals surface area contributed by atoms with Crippen LogP contribution in [-0.4, -0.2) is 25.0 Å². The fourth-order valence-corrected chi connectivity index (χ4v) is 5.71. The highest BCUT2D eigenvalue weighted by Gasteiger charge is 2.53. The maximum absolute atomic E-state index is 13.9. The van der Waals surface area contributed by atoms with Crippen LogP contribution in [0.2, 0.25) is 0 Å². The molecule has 0 unspecified atom stereocenters. The van der Waals surface area contributed by atoms with Crippen molar-refractivity contribution >= 4 is 17.3 Å². The van der Waals surface area contributed by atoms with Crippen molar-refractivity contribution in [3.63, 3.8) is 0 Å². The zero-order chi connectivity index (χ0) is 20.7. The van der Waals surface area contributed by atoms with E-state index in [1.54, 1.807) is 0 Å². The monoisotopic (exact) mass is 400 g/mol. The Morgan fingerprint density at radius 2 is 1.90 bits per heavy atom. The summed E-state index contributed by atoms with van der Waals surface area (Å²) in [7, 11) is 0. The topological polar surface area (TPSA) is 73.4 Å². The lowest BCUT2D eigenvalue weighted by Crippen LogP contribution is -2.43. The number of benzene rings is 2. The molecule has 0 aromatic heterocycles. The van der Waals surface area contributed by atoms with E-state index >= 15 is 0 Å². The predicted molar refractivity (Wildman–Crippen MR) is 118 cm³/mol. The number of nitriles is 1. The standard InChI is InChI=1S/C25H28N4O/c26-15-18-7-1-2-8-19(18)16-29-23-21(25(24(29)30)12-3-4-13-25)10-5-11-22(23)28-14-6-9-20(27)17-28/h1-2,5,7-8,10-11,20H,3-4,6,9,12-14,16-17,27H2/t20-/m1/s1. The highest BCUT2D eigenvalue weighted by molar-refractivity contribution is 6.11. The van der Waals surface area contributed by atoms with Crippen molar-refractivity contribution in [2.45, 2.75) is 56.5 Å². The summed E-state index contributed by atoms with van der Waals surface area (Å²) in [6, 6.07) is 16.5. The molecule has 5 rings (SSSR count). The van der Waals surface area contributed by atoms with Gasteiger partial charge in [0.2, 0.25) is 5.91 Å². The Labute approximate surface area is 178 Å². The minimum atomic E-state index is -0.398. The molecule has 5 heteroatoms. The summed E-state index contributed by atoms with van der Waals surface area (Å²) in [4.78, 5) is 18.2. The molecule has 0 bridgehead atoms. The number of para-hydroxylation sites is 1. The molecule has 1 saturated heterocycles. The molecule has 2 aromatic carbocycles. The highest BCUT2D eigenvalue weighted by atomic mass is 16.2. The zero-order valence-corrected chi connectivity index (χ0v) is 17.3. The average Bonchev–Trinajstić information content (AvgIpc) is 3.35. The summed E-state index contributed by atoms with van der Waals surface area (Å²) >= 11 is 0. The maximum atomic E-state index is 13.9. The molecule has 1 atom stereocenters. The minimum absolute atomic E-state index is 0.167. The number of piperidine rings is 1. The van der Waals surface area contributed by atoms with Crippen molar-refractivity contribution in [3.8, 4) is 6.07 Å². The lowest BCUT2D eigenvalue weighted by Gasteiger charge is -2.35. The van der Waals surface area contributed by atoms with E-state index in [9.17, 15) is 10.1 Å². The molecular weight excluding hydrogens is 372 g/mol. The molecule has 1 aliphatic carbocycles. The van der Waals surface area contributed by atoms with Crippen LogP contribution in [0.5, 0.6) is 0 Å². The minimum Gasteiger partial charge on any atom is -0.368 e. The van der Waals surface area contributed by atoms with Crippen LogP contribution < -0.4 is 15.5 Å². The van der Waals surface area contributed by atoms with Gasteiger partial charge in [0.05, 0.1) is 35.0 Å². The molecule has 30 heavy (non-hydrogen) atoms. The molecule has 2 aromatic rings. The van der Waals surface area contributed by atoms with Crippen LogP contribution >= 0.6 is 0 Å². The molecule has 2 aliphatic heterocycles. The van der Waals surface area contributed by atoms with Crippen LogP contribution in [0.1, 0.15) is 55.2 Å². The average molecular weight is 401 g/mol. The van der Waals surface area contributed by atoms with E-state index in [-0.39, 0.29) is 11.9 Å². The lowest BCUT2D eigenvalue weighted by atomic mass is 9.80. The highest BCUT2D eigenvalue weighted by Crippen LogP contribution is 2.54. The molecule has 2 fully saturated rings. The van der Waals surface area contributed by atoms with E-state index in [1.807, 2.05) is 29.2 Å². The van der Waals surface area contributed by atoms with Gasteiger partial charge in [-0.15, -0.1) is 0 Å². The lowest BCUT2D eigenvalue weighted by molar-refractivity contribution is -0.123. The van der Waals surface area contributed by atoms with Gasteiger partial charge in [-0.2, -0.15) is 5.26 Å². The first-order valence-corrected chi connectivity index (χ1v) is 11.1. The number of hydrogen-bond acceptors (Lipinski definition) is 4. The van der Waals surface area contributed by atoms with Gasteiger partial charge < -0.3 is 15.5 Å². The van der Waals surface area contributed by atoms with Crippen LogP contribution in [0, 0.1) is 11.3 Å². The molecular formula is C25H28N4O. The van der Waals surface area contributed by atoms with Gasteiger partial charge in [-0.05, 0) is 48.9 Å². The maximum Gasteiger partial charge on any atom is 0.238 e. The molecule has 3 aliphatic rings. The van der Waals surface area contributed by atoms with Gasteiger partial charge in [-0.1, -0.05) is 43.2 Å². The Morgan fingerprint density at radius 3 is 2.67 bits per heavy atom. The molecule has 1 amide bonds. The molecule has 154 valence electrons. The van der Waals surface area contributed by atoms with E-state index in [2.05, 4.69) is 29.2 Å². The van der Waals surface area contributed by atoms with Gasteiger partial charge in [-0.25, -0.2) is 0 Å². The fourth-order valence-electron chi connectivity index (χ4n) is 5.71. The van der Waals surface area contributed by atoms with Gasteiger partial charge >= 0.3 is 0 Å². The van der Waals surface area contributed by atoms with Gasteiger partial charge in [0.1, 0.15) is 0 Å². The summed E-state index contributed by atoms with van der Waals surface area (Å²) in [6.07, 6.45) is 6.13. The normalized spacial score (nSPS) is 22.4. The summed E-state index contributed by atoms with van der Waals surface area (Å²) in [5.41, 5.74) is 10.8. The number of nitrogens with two attached hydrogens (primary N) is 1. The number of nitrogens with zero attached hydrogens (tertiary/aromatic N) is 3. The van der Waals surface area contributed by atoms with E-state index in [0.717, 1.165) is 68.6 Å². The largest absolute Gasteiger partial charge is 0.368 e. The number of anilines is 2. The Balaban J connectivity index is 1.63. The van der Waals surface area contributed by atoms with E-state index in [1.165, 1.54) is 5.56 Å². The second kappa shape index (κ2) is 7.45. The van der Waals surface area contributed by atoms with Crippen LogP contribution in [0.3, 0.4) is 0 Å². The third kappa shape index (κ3) is 2.90. The van der Waals surface area contributed by atoms with Gasteiger partial charge in [0.25, 0.3) is 0 Å². The summed E-state index contributed by atoms with van der Waals surface area (Å²) < 4.78 is 0. The van der Waals surface area contributed by atoms with Gasteiger partial charge in [-0.3, -0.25) is 4.79 Å². The first-order valence-electron chi connectivity index (χ1n) is 11.1. The van der Waals surface area contributed by atoms with Crippen molar-refractivity contribution in [1.29, 1.82) is 5.26 Å². The SMILES string of the molecule is N#Cc1ccccc1CN1C(=O)C2(CCCC2)c2cccc(N3CCC[C@@H](N)C3)c21. The Hall–Kier alpha value is -2.84. The van der Waals surface area contributed by atoms with Crippen molar-refractivity contribution in [2.75, 3.05) is 22.9 Å². The molecule has 1 saturated carbocycles. The van der Waals surface area contributed by atoms with Crippen LogP contribution in [0.25, 0.3) is 0 Å². The van der Waals surface area contributed by atoms with Crippen LogP contribution in [-0.2, 0) is 16.8 Å². The second-order valence-corrected chi connectivity index (χ2v) is 8.97.